The molecule has 2 aromatic heterocycles. The van der Waals surface area contributed by atoms with E-state index in [1.54, 1.807) is 12.1 Å². The summed E-state index contributed by atoms with van der Waals surface area (Å²) < 4.78 is 0. The van der Waals surface area contributed by atoms with Gasteiger partial charge in [-0.25, -0.2) is 0 Å². The molecular weight excluding hydrogens is 256 g/mol. The van der Waals surface area contributed by atoms with Crippen LogP contribution in [0.25, 0.3) is 0 Å². The average Bonchev–Trinajstić information content (AvgIpc) is 2.74. The van der Waals surface area contributed by atoms with Crippen LogP contribution >= 0.6 is 22.9 Å². The van der Waals surface area contributed by atoms with E-state index in [1.807, 2.05) is 19.2 Å². The predicted octanol–water partition coefficient (Wildman–Crippen LogP) is 3.29. The Morgan fingerprint density at radius 3 is 2.82 bits per heavy atom. The number of halogens is 1. The second-order valence-electron chi connectivity index (χ2n) is 3.63. The average molecular weight is 267 g/mol. The Labute approximate surface area is 108 Å². The van der Waals surface area contributed by atoms with Gasteiger partial charge in [0.05, 0.1) is 21.3 Å². The Hall–Kier alpha value is -1.26. The summed E-state index contributed by atoms with van der Waals surface area (Å²) in [4.78, 5) is 12.9. The van der Waals surface area contributed by atoms with Crippen LogP contribution in [0.4, 0.5) is 0 Å². The molecule has 0 aliphatic rings. The zero-order valence-corrected chi connectivity index (χ0v) is 11.1. The third-order valence-electron chi connectivity index (χ3n) is 2.40. The molecule has 0 radical (unpaired) electrons. The Kier molecular flexibility index (Phi) is 3.54. The number of thiophene rings is 1. The van der Waals surface area contributed by atoms with Crippen molar-refractivity contribution in [2.45, 2.75) is 20.3 Å². The maximum atomic E-state index is 12.3. The molecule has 2 rings (SSSR count). The van der Waals surface area contributed by atoms with Crippen LogP contribution in [0.2, 0.25) is 5.02 Å². The number of carbonyl (C=O) groups is 1. The van der Waals surface area contributed by atoms with Gasteiger partial charge in [-0.15, -0.1) is 11.3 Å². The molecule has 2 heterocycles. The summed E-state index contributed by atoms with van der Waals surface area (Å²) in [6.07, 6.45) is 0.678. The molecule has 0 unspecified atom stereocenters. The van der Waals surface area contributed by atoms with Crippen molar-refractivity contribution in [3.63, 3.8) is 0 Å². The molecule has 5 heteroatoms. The van der Waals surface area contributed by atoms with Gasteiger partial charge in [-0.2, -0.15) is 10.2 Å². The molecule has 0 bridgehead atoms. The number of hydrogen-bond acceptors (Lipinski definition) is 4. The van der Waals surface area contributed by atoms with Crippen LogP contribution in [0.3, 0.4) is 0 Å². The summed E-state index contributed by atoms with van der Waals surface area (Å²) in [6, 6.07) is 3.50. The van der Waals surface area contributed by atoms with Crippen LogP contribution in [-0.4, -0.2) is 16.0 Å². The van der Waals surface area contributed by atoms with Gasteiger partial charge in [0.15, 0.2) is 0 Å². The summed E-state index contributed by atoms with van der Waals surface area (Å²) in [7, 11) is 0. The molecule has 17 heavy (non-hydrogen) atoms. The quantitative estimate of drug-likeness (QED) is 0.801. The number of ketones is 1. The maximum absolute atomic E-state index is 12.3. The molecule has 0 N–H and O–H groups in total. The molecule has 0 fully saturated rings. The highest BCUT2D eigenvalue weighted by Gasteiger charge is 2.18. The molecule has 0 aromatic carbocycles. The molecule has 0 saturated carbocycles. The highest BCUT2D eigenvalue weighted by atomic mass is 35.5. The predicted molar refractivity (Wildman–Crippen MR) is 68.9 cm³/mol. The molecule has 3 nitrogen and oxygen atoms in total. The number of carbonyl (C=O) groups excluding carboxylic acids is 1. The minimum Gasteiger partial charge on any atom is -0.288 e. The molecule has 0 spiro atoms. The van der Waals surface area contributed by atoms with Crippen molar-refractivity contribution < 1.29 is 4.79 Å². The highest BCUT2D eigenvalue weighted by Crippen LogP contribution is 2.26. The summed E-state index contributed by atoms with van der Waals surface area (Å²) in [5, 5.41) is 10.3. The van der Waals surface area contributed by atoms with Gasteiger partial charge in [0.2, 0.25) is 5.78 Å². The van der Waals surface area contributed by atoms with E-state index in [0.717, 1.165) is 5.69 Å². The number of aromatic nitrogens is 2. The maximum Gasteiger partial charge on any atom is 0.206 e. The molecule has 0 aliphatic carbocycles. The Morgan fingerprint density at radius 2 is 2.24 bits per heavy atom. The first-order valence-electron chi connectivity index (χ1n) is 5.24. The van der Waals surface area contributed by atoms with Gasteiger partial charge in [0.25, 0.3) is 0 Å². The third kappa shape index (κ3) is 2.37. The fraction of sp³-hybridized carbons (Fsp3) is 0.250. The SMILES string of the molecule is CCc1nnc(C)cc1C(=O)c1sccc1Cl. The van der Waals surface area contributed by atoms with Gasteiger partial charge in [-0.05, 0) is 30.9 Å². The number of rotatable bonds is 3. The van der Waals surface area contributed by atoms with Crippen LogP contribution in [0, 0.1) is 6.92 Å². The van der Waals surface area contributed by atoms with E-state index in [2.05, 4.69) is 10.2 Å². The van der Waals surface area contributed by atoms with Gasteiger partial charge in [0, 0.05) is 5.56 Å². The lowest BCUT2D eigenvalue weighted by molar-refractivity contribution is 0.104. The summed E-state index contributed by atoms with van der Waals surface area (Å²) in [5.41, 5.74) is 2.05. The molecular formula is C12H11ClN2OS. The topological polar surface area (TPSA) is 42.9 Å². The fourth-order valence-electron chi connectivity index (χ4n) is 1.55. The van der Waals surface area contributed by atoms with E-state index in [9.17, 15) is 4.79 Å². The van der Waals surface area contributed by atoms with Gasteiger partial charge in [-0.3, -0.25) is 4.79 Å². The Morgan fingerprint density at radius 1 is 1.47 bits per heavy atom. The first kappa shape index (κ1) is 12.2. The molecule has 88 valence electrons. The van der Waals surface area contributed by atoms with E-state index in [4.69, 9.17) is 11.6 Å². The first-order valence-corrected chi connectivity index (χ1v) is 6.50. The van der Waals surface area contributed by atoms with Crippen LogP contribution < -0.4 is 0 Å². The second-order valence-corrected chi connectivity index (χ2v) is 4.95. The van der Waals surface area contributed by atoms with Crippen LogP contribution in [0.15, 0.2) is 17.5 Å². The monoisotopic (exact) mass is 266 g/mol. The van der Waals surface area contributed by atoms with Crippen LogP contribution in [0.1, 0.15) is 33.5 Å². The van der Waals surface area contributed by atoms with Crippen molar-refractivity contribution in [2.24, 2.45) is 0 Å². The standard InChI is InChI=1S/C12H11ClN2OS/c1-3-10-8(6-7(2)14-15-10)11(16)12-9(13)4-5-17-12/h4-6H,3H2,1-2H3. The number of hydrogen-bond donors (Lipinski definition) is 0. The summed E-state index contributed by atoms with van der Waals surface area (Å²) in [5.74, 6) is -0.0696. The fourth-order valence-corrected chi connectivity index (χ4v) is 2.64. The lowest BCUT2D eigenvalue weighted by Crippen LogP contribution is -2.08. The Bertz CT molecular complexity index is 565. The van der Waals surface area contributed by atoms with Crippen molar-refractivity contribution in [2.75, 3.05) is 0 Å². The molecule has 0 atom stereocenters. The lowest BCUT2D eigenvalue weighted by Gasteiger charge is -2.05. The largest absolute Gasteiger partial charge is 0.288 e. The molecule has 0 aliphatic heterocycles. The van der Waals surface area contributed by atoms with E-state index in [0.29, 0.717) is 27.6 Å². The molecule has 2 aromatic rings. The van der Waals surface area contributed by atoms with Crippen molar-refractivity contribution in [3.8, 4) is 0 Å². The zero-order valence-electron chi connectivity index (χ0n) is 9.53. The first-order chi connectivity index (χ1) is 8.13. The van der Waals surface area contributed by atoms with Gasteiger partial charge in [0.1, 0.15) is 0 Å². The summed E-state index contributed by atoms with van der Waals surface area (Å²) >= 11 is 7.32. The lowest BCUT2D eigenvalue weighted by atomic mass is 10.1. The van der Waals surface area contributed by atoms with E-state index < -0.39 is 0 Å². The Balaban J connectivity index is 2.50. The summed E-state index contributed by atoms with van der Waals surface area (Å²) in [6.45, 7) is 3.77. The van der Waals surface area contributed by atoms with Gasteiger partial charge < -0.3 is 0 Å². The van der Waals surface area contributed by atoms with Crippen LogP contribution in [-0.2, 0) is 6.42 Å². The van der Waals surface area contributed by atoms with E-state index >= 15 is 0 Å². The number of nitrogens with zero attached hydrogens (tertiary/aromatic N) is 2. The van der Waals surface area contributed by atoms with Crippen molar-refractivity contribution in [1.82, 2.24) is 10.2 Å². The minimum absolute atomic E-state index is 0.0696. The van der Waals surface area contributed by atoms with E-state index in [-0.39, 0.29) is 5.78 Å². The third-order valence-corrected chi connectivity index (χ3v) is 3.74. The van der Waals surface area contributed by atoms with E-state index in [1.165, 1.54) is 11.3 Å². The minimum atomic E-state index is -0.0696. The van der Waals surface area contributed by atoms with Crippen LogP contribution in [0.5, 0.6) is 0 Å². The van der Waals surface area contributed by atoms with Crippen molar-refractivity contribution >= 4 is 28.7 Å². The van der Waals surface area contributed by atoms with Crippen molar-refractivity contribution in [1.29, 1.82) is 0 Å². The normalized spacial score (nSPS) is 10.5. The number of aryl methyl sites for hydroxylation is 2. The van der Waals surface area contributed by atoms with Gasteiger partial charge >= 0.3 is 0 Å². The van der Waals surface area contributed by atoms with Gasteiger partial charge in [-0.1, -0.05) is 18.5 Å². The van der Waals surface area contributed by atoms with Crippen molar-refractivity contribution in [3.05, 3.63) is 44.4 Å². The molecule has 0 amide bonds. The molecule has 0 saturated heterocycles. The zero-order chi connectivity index (χ0) is 12.4. The highest BCUT2D eigenvalue weighted by molar-refractivity contribution is 7.13. The smallest absolute Gasteiger partial charge is 0.206 e. The second kappa shape index (κ2) is 4.94.